The van der Waals surface area contributed by atoms with Gasteiger partial charge in [0, 0.05) is 41.0 Å². The molecule has 6 heteroatoms. The minimum atomic E-state index is -0.981. The molecule has 2 fully saturated rings. The summed E-state index contributed by atoms with van der Waals surface area (Å²) in [6.45, 7) is 10.2. The maximum atomic E-state index is 10.5. The molecular weight excluding hydrogens is 372 g/mol. The van der Waals surface area contributed by atoms with Crippen molar-refractivity contribution in [1.82, 2.24) is 0 Å². The Hall–Kier alpha value is -1.08. The molecule has 28 heavy (non-hydrogen) atoms. The molecule has 0 amide bonds. The van der Waals surface area contributed by atoms with Crippen LogP contribution in [-0.4, -0.2) is 35.4 Å². The van der Waals surface area contributed by atoms with E-state index in [1.54, 1.807) is 13.8 Å². The summed E-state index contributed by atoms with van der Waals surface area (Å²) in [7, 11) is 0. The largest absolute Gasteiger partial charge is 0.387 e. The van der Waals surface area contributed by atoms with Gasteiger partial charge in [-0.2, -0.15) is 0 Å². The predicted octanol–water partition coefficient (Wildman–Crippen LogP) is 5.38. The van der Waals surface area contributed by atoms with Crippen LogP contribution in [0.2, 0.25) is 0 Å². The molecule has 0 radical (unpaired) electrons. The van der Waals surface area contributed by atoms with Crippen LogP contribution >= 0.6 is 12.0 Å². The molecule has 1 aliphatic heterocycles. The first-order valence-corrected chi connectivity index (χ1v) is 11.0. The summed E-state index contributed by atoms with van der Waals surface area (Å²) in [5.74, 6) is 0.537. The number of nitrogens with one attached hydrogen (secondary N) is 2. The minimum Gasteiger partial charge on any atom is -0.387 e. The summed E-state index contributed by atoms with van der Waals surface area (Å²) in [4.78, 5) is 0.994. The molecular formula is C22H34N2O3S. The monoisotopic (exact) mass is 406 g/mol. The van der Waals surface area contributed by atoms with E-state index in [0.29, 0.717) is 5.92 Å². The average molecular weight is 407 g/mol. The van der Waals surface area contributed by atoms with E-state index >= 15 is 0 Å². The first kappa shape index (κ1) is 21.6. The molecule has 0 aromatic heterocycles. The molecule has 2 aliphatic rings. The third kappa shape index (κ3) is 4.73. The number of aryl methyl sites for hydroxylation is 1. The van der Waals surface area contributed by atoms with Crippen LogP contribution in [-0.2, 0) is 8.92 Å². The fourth-order valence-electron chi connectivity index (χ4n) is 3.33. The average Bonchev–Trinajstić information content (AvgIpc) is 3.44. The van der Waals surface area contributed by atoms with E-state index in [-0.39, 0.29) is 6.23 Å². The highest BCUT2D eigenvalue weighted by molar-refractivity contribution is 7.94. The topological polar surface area (TPSA) is 74.6 Å². The van der Waals surface area contributed by atoms with Gasteiger partial charge in [-0.3, -0.25) is 0 Å². The third-order valence-corrected chi connectivity index (χ3v) is 7.10. The lowest BCUT2D eigenvalue weighted by Crippen LogP contribution is -2.45. The predicted molar refractivity (Wildman–Crippen MR) is 116 cm³/mol. The molecule has 3 rings (SSSR count). The molecule has 1 aromatic carbocycles. The van der Waals surface area contributed by atoms with Gasteiger partial charge in [-0.1, -0.05) is 0 Å². The molecule has 5 nitrogen and oxygen atoms in total. The summed E-state index contributed by atoms with van der Waals surface area (Å²) >= 11 is 1.30. The lowest BCUT2D eigenvalue weighted by Gasteiger charge is -2.36. The SMILES string of the molecule is Cc1cc(NC2CCCCO2)c(C=N)c(SOC(C)(C)C(C)(C)O)c1C1CC1. The Morgan fingerprint density at radius 3 is 2.50 bits per heavy atom. The number of ether oxygens (including phenoxy) is 1. The molecule has 1 heterocycles. The second-order valence-electron chi connectivity index (χ2n) is 9.05. The second-order valence-corrected chi connectivity index (χ2v) is 9.79. The van der Waals surface area contributed by atoms with Gasteiger partial charge in [0.15, 0.2) is 0 Å². The van der Waals surface area contributed by atoms with Gasteiger partial charge in [0.2, 0.25) is 0 Å². The summed E-state index contributed by atoms with van der Waals surface area (Å²) in [6, 6.07) is 2.15. The molecule has 0 spiro atoms. The van der Waals surface area contributed by atoms with Crippen LogP contribution in [0.5, 0.6) is 0 Å². The van der Waals surface area contributed by atoms with Crippen LogP contribution < -0.4 is 5.32 Å². The van der Waals surface area contributed by atoms with Gasteiger partial charge < -0.3 is 24.8 Å². The Kier molecular flexibility index (Phi) is 6.44. The van der Waals surface area contributed by atoms with Crippen LogP contribution in [0, 0.1) is 12.3 Å². The van der Waals surface area contributed by atoms with Crippen molar-refractivity contribution in [2.45, 2.75) is 95.0 Å². The number of anilines is 1. The normalized spacial score (nSPS) is 20.9. The van der Waals surface area contributed by atoms with Crippen molar-refractivity contribution in [1.29, 1.82) is 5.41 Å². The van der Waals surface area contributed by atoms with Gasteiger partial charge >= 0.3 is 0 Å². The van der Waals surface area contributed by atoms with Crippen molar-refractivity contribution in [3.8, 4) is 0 Å². The fourth-order valence-corrected chi connectivity index (χ4v) is 4.50. The number of hydrogen-bond donors (Lipinski definition) is 3. The quantitative estimate of drug-likeness (QED) is 0.399. The van der Waals surface area contributed by atoms with E-state index in [0.717, 1.165) is 42.0 Å². The molecule has 1 saturated heterocycles. The van der Waals surface area contributed by atoms with Crippen molar-refractivity contribution in [2.24, 2.45) is 0 Å². The number of rotatable bonds is 8. The highest BCUT2D eigenvalue weighted by atomic mass is 32.2. The standard InChI is InChI=1S/C22H34N2O3S/c1-14-12-17(24-18-8-6-7-11-26-18)16(13-23)20(19(14)15-9-10-15)28-27-22(4,5)21(2,3)25/h12-13,15,18,23-25H,6-11H2,1-5H3. The lowest BCUT2D eigenvalue weighted by atomic mass is 9.90. The lowest BCUT2D eigenvalue weighted by molar-refractivity contribution is -0.0813. The van der Waals surface area contributed by atoms with E-state index in [1.165, 1.54) is 42.2 Å². The van der Waals surface area contributed by atoms with E-state index in [2.05, 4.69) is 18.3 Å². The Morgan fingerprint density at radius 1 is 1.25 bits per heavy atom. The van der Waals surface area contributed by atoms with Gasteiger partial charge in [-0.25, -0.2) is 0 Å². The molecule has 1 saturated carbocycles. The second kappa shape index (κ2) is 8.34. The van der Waals surface area contributed by atoms with Crippen LogP contribution in [0.4, 0.5) is 5.69 Å². The molecule has 156 valence electrons. The van der Waals surface area contributed by atoms with E-state index in [1.807, 2.05) is 13.8 Å². The summed E-state index contributed by atoms with van der Waals surface area (Å²) in [6.07, 6.45) is 7.01. The van der Waals surface area contributed by atoms with Crippen molar-refractivity contribution >= 4 is 23.9 Å². The van der Waals surface area contributed by atoms with Crippen molar-refractivity contribution in [2.75, 3.05) is 11.9 Å². The maximum Gasteiger partial charge on any atom is 0.127 e. The maximum absolute atomic E-state index is 10.5. The fraction of sp³-hybridized carbons (Fsp3) is 0.682. The van der Waals surface area contributed by atoms with Crippen molar-refractivity contribution < 1.29 is 14.0 Å². The molecule has 3 N–H and O–H groups in total. The van der Waals surface area contributed by atoms with Crippen molar-refractivity contribution in [3.63, 3.8) is 0 Å². The van der Waals surface area contributed by atoms with E-state index < -0.39 is 11.2 Å². The zero-order valence-corrected chi connectivity index (χ0v) is 18.5. The zero-order chi connectivity index (χ0) is 20.5. The minimum absolute atomic E-state index is 0.00907. The summed E-state index contributed by atoms with van der Waals surface area (Å²) < 4.78 is 12.0. The smallest absolute Gasteiger partial charge is 0.127 e. The van der Waals surface area contributed by atoms with Crippen LogP contribution in [0.15, 0.2) is 11.0 Å². The molecule has 1 unspecified atom stereocenters. The number of aliphatic hydroxyl groups is 1. The highest BCUT2D eigenvalue weighted by Crippen LogP contribution is 2.49. The Bertz CT molecular complexity index is 717. The van der Waals surface area contributed by atoms with Crippen LogP contribution in [0.1, 0.15) is 82.4 Å². The van der Waals surface area contributed by atoms with Gasteiger partial charge in [0.05, 0.1) is 5.60 Å². The molecule has 1 aromatic rings. The summed E-state index contributed by atoms with van der Waals surface area (Å²) in [5, 5.41) is 22.1. The zero-order valence-electron chi connectivity index (χ0n) is 17.7. The number of benzene rings is 1. The van der Waals surface area contributed by atoms with E-state index in [9.17, 15) is 5.11 Å². The van der Waals surface area contributed by atoms with Crippen LogP contribution in [0.25, 0.3) is 0 Å². The third-order valence-electron chi connectivity index (χ3n) is 6.00. The Morgan fingerprint density at radius 2 is 1.96 bits per heavy atom. The van der Waals surface area contributed by atoms with Gasteiger partial charge in [-0.15, -0.1) is 0 Å². The molecule has 1 atom stereocenters. The van der Waals surface area contributed by atoms with Gasteiger partial charge in [-0.05, 0) is 89.8 Å². The van der Waals surface area contributed by atoms with Gasteiger partial charge in [0.1, 0.15) is 11.8 Å². The highest BCUT2D eigenvalue weighted by Gasteiger charge is 2.38. The molecule has 0 bridgehead atoms. The summed E-state index contributed by atoms with van der Waals surface area (Å²) in [5.41, 5.74) is 2.56. The Balaban J connectivity index is 1.94. The van der Waals surface area contributed by atoms with Gasteiger partial charge in [0.25, 0.3) is 0 Å². The Labute approximate surface area is 173 Å². The number of hydrogen-bond acceptors (Lipinski definition) is 6. The first-order chi connectivity index (χ1) is 13.1. The van der Waals surface area contributed by atoms with Crippen molar-refractivity contribution in [3.05, 3.63) is 22.8 Å². The van der Waals surface area contributed by atoms with E-state index in [4.69, 9.17) is 14.3 Å². The molecule has 1 aliphatic carbocycles. The first-order valence-electron chi connectivity index (χ1n) is 10.3. The van der Waals surface area contributed by atoms with Crippen LogP contribution in [0.3, 0.4) is 0 Å².